The fraction of sp³-hybridized carbons (Fsp3) is 0.571. The lowest BCUT2D eigenvalue weighted by atomic mass is 9.83. The molecule has 0 saturated heterocycles. The number of halogens is 3. The first-order valence-electron chi connectivity index (χ1n) is 6.53. The van der Waals surface area contributed by atoms with Crippen LogP contribution in [0.5, 0.6) is 0 Å². The van der Waals surface area contributed by atoms with E-state index in [4.69, 9.17) is 0 Å². The van der Waals surface area contributed by atoms with Crippen LogP contribution in [0.3, 0.4) is 0 Å². The lowest BCUT2D eigenvalue weighted by Crippen LogP contribution is -2.32. The first-order chi connectivity index (χ1) is 8.61. The molecule has 1 N–H and O–H groups in total. The summed E-state index contributed by atoms with van der Waals surface area (Å²) < 4.78 is 28.0. The molecule has 1 aromatic rings. The van der Waals surface area contributed by atoms with Gasteiger partial charge < -0.3 is 5.32 Å². The molecule has 0 aromatic heterocycles. The van der Waals surface area contributed by atoms with E-state index in [-0.39, 0.29) is 11.7 Å². The first-order valence-corrected chi connectivity index (χ1v) is 7.32. The highest BCUT2D eigenvalue weighted by Crippen LogP contribution is 2.32. The molecule has 0 heterocycles. The van der Waals surface area contributed by atoms with Gasteiger partial charge in [0.15, 0.2) is 0 Å². The van der Waals surface area contributed by atoms with Gasteiger partial charge in [0, 0.05) is 10.5 Å². The van der Waals surface area contributed by atoms with Gasteiger partial charge in [-0.3, -0.25) is 0 Å². The molecule has 0 radical (unpaired) electrons. The molecular formula is C14H18BrF2N. The fourth-order valence-corrected chi connectivity index (χ4v) is 3.15. The molecule has 0 amide bonds. The maximum absolute atomic E-state index is 13.8. The molecule has 0 spiro atoms. The molecule has 1 aliphatic carbocycles. The van der Waals surface area contributed by atoms with E-state index in [2.05, 4.69) is 28.2 Å². The van der Waals surface area contributed by atoms with Crippen molar-refractivity contribution in [3.63, 3.8) is 0 Å². The lowest BCUT2D eigenvalue weighted by Gasteiger charge is -2.32. The van der Waals surface area contributed by atoms with Crippen LogP contribution >= 0.6 is 15.9 Å². The van der Waals surface area contributed by atoms with Crippen molar-refractivity contribution in [2.75, 3.05) is 5.32 Å². The van der Waals surface area contributed by atoms with Crippen molar-refractivity contribution in [2.45, 2.75) is 45.1 Å². The quantitative estimate of drug-likeness (QED) is 0.817. The van der Waals surface area contributed by atoms with Crippen LogP contribution in [0.1, 0.15) is 39.0 Å². The summed E-state index contributed by atoms with van der Waals surface area (Å²) in [7, 11) is 0. The molecule has 0 aliphatic heterocycles. The smallest absolute Gasteiger partial charge is 0.150 e. The predicted molar refractivity (Wildman–Crippen MR) is 73.7 cm³/mol. The molecule has 18 heavy (non-hydrogen) atoms. The minimum atomic E-state index is -0.526. The largest absolute Gasteiger partial charge is 0.377 e. The topological polar surface area (TPSA) is 12.0 Å². The molecule has 100 valence electrons. The summed E-state index contributed by atoms with van der Waals surface area (Å²) in [5.41, 5.74) is 0.0172. The van der Waals surface area contributed by atoms with Crippen molar-refractivity contribution >= 4 is 21.6 Å². The van der Waals surface area contributed by atoms with E-state index in [1.165, 1.54) is 18.6 Å². The Balaban J connectivity index is 2.17. The average Bonchev–Trinajstić information content (AvgIpc) is 2.34. The Kier molecular flexibility index (Phi) is 4.60. The van der Waals surface area contributed by atoms with Crippen molar-refractivity contribution in [3.05, 3.63) is 28.2 Å². The molecule has 2 rings (SSSR count). The van der Waals surface area contributed by atoms with Gasteiger partial charge in [-0.1, -0.05) is 42.1 Å². The van der Waals surface area contributed by atoms with E-state index in [0.29, 0.717) is 10.4 Å². The summed E-state index contributed by atoms with van der Waals surface area (Å²) in [6.07, 6.45) is 5.55. The number of anilines is 1. The van der Waals surface area contributed by atoms with Gasteiger partial charge >= 0.3 is 0 Å². The summed E-state index contributed by atoms with van der Waals surface area (Å²) >= 11 is 3.09. The zero-order chi connectivity index (χ0) is 13.1. The highest BCUT2D eigenvalue weighted by molar-refractivity contribution is 9.10. The first kappa shape index (κ1) is 13.8. The summed E-state index contributed by atoms with van der Waals surface area (Å²) in [6.45, 7) is 2.14. The highest BCUT2D eigenvalue weighted by atomic mass is 79.9. The van der Waals surface area contributed by atoms with E-state index in [0.717, 1.165) is 25.7 Å². The van der Waals surface area contributed by atoms with Gasteiger partial charge in [-0.15, -0.1) is 0 Å². The Morgan fingerprint density at radius 1 is 1.22 bits per heavy atom. The van der Waals surface area contributed by atoms with Crippen molar-refractivity contribution < 1.29 is 8.78 Å². The van der Waals surface area contributed by atoms with Crippen molar-refractivity contribution in [1.82, 2.24) is 0 Å². The zero-order valence-electron chi connectivity index (χ0n) is 10.5. The van der Waals surface area contributed by atoms with Gasteiger partial charge in [-0.2, -0.15) is 0 Å². The van der Waals surface area contributed by atoms with E-state index in [9.17, 15) is 8.78 Å². The summed E-state index contributed by atoms with van der Waals surface area (Å²) in [5, 5.41) is 3.07. The molecule has 0 bridgehead atoms. The van der Waals surface area contributed by atoms with E-state index in [1.54, 1.807) is 0 Å². The Morgan fingerprint density at radius 3 is 2.44 bits per heavy atom. The number of nitrogens with one attached hydrogen (secondary N) is 1. The zero-order valence-corrected chi connectivity index (χ0v) is 12.1. The normalized spacial score (nSPS) is 24.0. The fourth-order valence-electron chi connectivity index (χ4n) is 2.75. The Morgan fingerprint density at radius 2 is 1.83 bits per heavy atom. The Hall–Kier alpha value is -0.640. The van der Waals surface area contributed by atoms with Crippen LogP contribution in [0.25, 0.3) is 0 Å². The minimum Gasteiger partial charge on any atom is -0.377 e. The molecule has 1 aromatic carbocycles. The Bertz CT molecular complexity index is 399. The Labute approximate surface area is 115 Å². The summed E-state index contributed by atoms with van der Waals surface area (Å²) in [6, 6.07) is 2.79. The second kappa shape index (κ2) is 6.00. The molecule has 4 heteroatoms. The molecule has 1 nitrogen and oxygen atoms in total. The van der Waals surface area contributed by atoms with Gasteiger partial charge in [0.1, 0.15) is 17.3 Å². The third-order valence-corrected chi connectivity index (χ3v) is 4.23. The van der Waals surface area contributed by atoms with Crippen LogP contribution in [0.15, 0.2) is 16.6 Å². The third kappa shape index (κ3) is 3.02. The second-order valence-corrected chi connectivity index (χ2v) is 5.86. The number of hydrogen-bond acceptors (Lipinski definition) is 1. The molecule has 2 unspecified atom stereocenters. The summed E-state index contributed by atoms with van der Waals surface area (Å²) in [5.74, 6) is -0.536. The van der Waals surface area contributed by atoms with Crippen molar-refractivity contribution in [2.24, 2.45) is 5.92 Å². The molecule has 1 aliphatic rings. The monoisotopic (exact) mass is 317 g/mol. The van der Waals surface area contributed by atoms with Crippen LogP contribution in [0.4, 0.5) is 14.5 Å². The molecular weight excluding hydrogens is 300 g/mol. The van der Waals surface area contributed by atoms with Crippen LogP contribution in [-0.2, 0) is 0 Å². The molecule has 2 atom stereocenters. The van der Waals surface area contributed by atoms with Gasteiger partial charge in [-0.25, -0.2) is 8.78 Å². The van der Waals surface area contributed by atoms with E-state index in [1.807, 2.05) is 0 Å². The van der Waals surface area contributed by atoms with Gasteiger partial charge in [-0.05, 0) is 30.9 Å². The predicted octanol–water partition coefficient (Wildman–Crippen LogP) is 5.11. The number of benzene rings is 1. The van der Waals surface area contributed by atoms with Crippen LogP contribution in [-0.4, -0.2) is 6.04 Å². The molecule has 1 saturated carbocycles. The second-order valence-electron chi connectivity index (χ2n) is 4.95. The third-order valence-electron chi connectivity index (χ3n) is 3.77. The lowest BCUT2D eigenvalue weighted by molar-refractivity contribution is 0.316. The maximum Gasteiger partial charge on any atom is 0.150 e. The SMILES string of the molecule is CCC1CCCCC1Nc1c(F)cc(Br)cc1F. The van der Waals surface area contributed by atoms with Crippen LogP contribution in [0.2, 0.25) is 0 Å². The van der Waals surface area contributed by atoms with Gasteiger partial charge in [0.2, 0.25) is 0 Å². The number of hydrogen-bond donors (Lipinski definition) is 1. The van der Waals surface area contributed by atoms with E-state index >= 15 is 0 Å². The number of rotatable bonds is 3. The standard InChI is InChI=1S/C14H18BrF2N/c1-2-9-5-3-4-6-13(9)18-14-11(16)7-10(15)8-12(14)17/h7-9,13,18H,2-6H2,1H3. The van der Waals surface area contributed by atoms with E-state index < -0.39 is 11.6 Å². The average molecular weight is 318 g/mol. The summed E-state index contributed by atoms with van der Waals surface area (Å²) in [4.78, 5) is 0. The molecule has 1 fully saturated rings. The van der Waals surface area contributed by atoms with Gasteiger partial charge in [0.05, 0.1) is 0 Å². The highest BCUT2D eigenvalue weighted by Gasteiger charge is 2.25. The van der Waals surface area contributed by atoms with Gasteiger partial charge in [0.25, 0.3) is 0 Å². The van der Waals surface area contributed by atoms with Crippen molar-refractivity contribution in [1.29, 1.82) is 0 Å². The van der Waals surface area contributed by atoms with Crippen LogP contribution < -0.4 is 5.32 Å². The maximum atomic E-state index is 13.8. The van der Waals surface area contributed by atoms with Crippen molar-refractivity contribution in [3.8, 4) is 0 Å². The van der Waals surface area contributed by atoms with Crippen LogP contribution in [0, 0.1) is 17.6 Å². The minimum absolute atomic E-state index is 0.0172.